The molecule has 13 heavy (non-hydrogen) atoms. The lowest BCUT2D eigenvalue weighted by molar-refractivity contribution is -0.118. The van der Waals surface area contributed by atoms with Gasteiger partial charge >= 0.3 is 0 Å². The zero-order valence-corrected chi connectivity index (χ0v) is 7.40. The zero-order chi connectivity index (χ0) is 9.68. The van der Waals surface area contributed by atoms with Crippen molar-refractivity contribution < 1.29 is 9.53 Å². The van der Waals surface area contributed by atoms with Gasteiger partial charge in [-0.05, 0) is 0 Å². The van der Waals surface area contributed by atoms with Crippen molar-refractivity contribution in [3.05, 3.63) is 0 Å². The van der Waals surface area contributed by atoms with Crippen LogP contribution in [0.25, 0.3) is 0 Å². The molecule has 1 atom stereocenters. The first-order chi connectivity index (χ1) is 6.22. The Morgan fingerprint density at radius 2 is 2.54 bits per heavy atom. The highest BCUT2D eigenvalue weighted by Gasteiger charge is 2.19. The van der Waals surface area contributed by atoms with Crippen LogP contribution in [0.1, 0.15) is 6.42 Å². The first-order valence-corrected chi connectivity index (χ1v) is 4.24. The highest BCUT2D eigenvalue weighted by Crippen LogP contribution is 2.04. The van der Waals surface area contributed by atoms with Crippen LogP contribution in [0.4, 0.5) is 0 Å². The molecule has 1 aliphatic heterocycles. The van der Waals surface area contributed by atoms with Crippen LogP contribution < -0.4 is 5.73 Å². The minimum absolute atomic E-state index is 0.306. The summed E-state index contributed by atoms with van der Waals surface area (Å²) in [6, 6.07) is 2.04. The molecular formula is C8H13N3O2. The molecule has 0 spiro atoms. The third kappa shape index (κ3) is 3.40. The molecule has 1 saturated heterocycles. The SMILES string of the molecule is N#CC1CN(CCC(N)=O)CCO1. The lowest BCUT2D eigenvalue weighted by Gasteiger charge is -2.29. The second-order valence-electron chi connectivity index (χ2n) is 3.01. The second kappa shape index (κ2) is 4.80. The number of nitrogens with zero attached hydrogens (tertiary/aromatic N) is 2. The molecular weight excluding hydrogens is 170 g/mol. The van der Waals surface area contributed by atoms with Gasteiger partial charge in [-0.1, -0.05) is 0 Å². The van der Waals surface area contributed by atoms with Gasteiger partial charge in [-0.25, -0.2) is 0 Å². The van der Waals surface area contributed by atoms with Gasteiger partial charge in [0.2, 0.25) is 5.91 Å². The van der Waals surface area contributed by atoms with E-state index in [0.717, 1.165) is 6.54 Å². The number of rotatable bonds is 3. The lowest BCUT2D eigenvalue weighted by atomic mass is 10.2. The summed E-state index contributed by atoms with van der Waals surface area (Å²) in [4.78, 5) is 12.5. The van der Waals surface area contributed by atoms with Gasteiger partial charge in [0.1, 0.15) is 0 Å². The summed E-state index contributed by atoms with van der Waals surface area (Å²) in [6.07, 6.45) is -0.0142. The van der Waals surface area contributed by atoms with Crippen LogP contribution in [0, 0.1) is 11.3 Å². The molecule has 5 nitrogen and oxygen atoms in total. The number of nitriles is 1. The summed E-state index contributed by atoms with van der Waals surface area (Å²) in [5.41, 5.74) is 5.01. The molecule has 0 aromatic rings. The molecule has 1 rings (SSSR count). The fourth-order valence-corrected chi connectivity index (χ4v) is 1.25. The molecule has 1 unspecified atom stereocenters. The summed E-state index contributed by atoms with van der Waals surface area (Å²) in [5, 5.41) is 8.59. The van der Waals surface area contributed by atoms with Crippen molar-refractivity contribution in [2.24, 2.45) is 5.73 Å². The number of amides is 1. The number of morpholine rings is 1. The van der Waals surface area contributed by atoms with Crippen molar-refractivity contribution >= 4 is 5.91 Å². The van der Waals surface area contributed by atoms with Gasteiger partial charge in [0, 0.05) is 26.1 Å². The smallest absolute Gasteiger partial charge is 0.218 e. The molecule has 1 fully saturated rings. The number of carbonyl (C=O) groups is 1. The van der Waals surface area contributed by atoms with Crippen molar-refractivity contribution in [2.75, 3.05) is 26.2 Å². The lowest BCUT2D eigenvalue weighted by Crippen LogP contribution is -2.42. The quantitative estimate of drug-likeness (QED) is 0.614. The summed E-state index contributed by atoms with van der Waals surface area (Å²) < 4.78 is 5.15. The van der Waals surface area contributed by atoms with Gasteiger partial charge in [-0.2, -0.15) is 5.26 Å². The number of hydrogen-bond donors (Lipinski definition) is 1. The number of hydrogen-bond acceptors (Lipinski definition) is 4. The highest BCUT2D eigenvalue weighted by atomic mass is 16.5. The third-order valence-corrected chi connectivity index (χ3v) is 1.97. The fraction of sp³-hybridized carbons (Fsp3) is 0.750. The molecule has 0 aromatic heterocycles. The van der Waals surface area contributed by atoms with Gasteiger partial charge in [0.15, 0.2) is 6.10 Å². The summed E-state index contributed by atoms with van der Waals surface area (Å²) in [7, 11) is 0. The Hall–Kier alpha value is -1.12. The highest BCUT2D eigenvalue weighted by molar-refractivity contribution is 5.73. The van der Waals surface area contributed by atoms with Crippen LogP contribution in [-0.4, -0.2) is 43.2 Å². The monoisotopic (exact) mass is 183 g/mol. The van der Waals surface area contributed by atoms with Crippen LogP contribution in [-0.2, 0) is 9.53 Å². The Balaban J connectivity index is 2.27. The Labute approximate surface area is 77.1 Å². The number of primary amides is 1. The van der Waals surface area contributed by atoms with Gasteiger partial charge in [-0.15, -0.1) is 0 Å². The molecule has 0 aliphatic carbocycles. The summed E-state index contributed by atoms with van der Waals surface area (Å²) in [5.74, 6) is -0.306. The minimum Gasteiger partial charge on any atom is -0.370 e. The largest absolute Gasteiger partial charge is 0.370 e. The van der Waals surface area contributed by atoms with Gasteiger partial charge in [0.25, 0.3) is 0 Å². The predicted octanol–water partition coefficient (Wildman–Crippen LogP) is -0.914. The van der Waals surface area contributed by atoms with E-state index in [1.807, 2.05) is 11.0 Å². The van der Waals surface area contributed by atoms with E-state index in [0.29, 0.717) is 26.1 Å². The Morgan fingerprint density at radius 3 is 3.15 bits per heavy atom. The van der Waals surface area contributed by atoms with Crippen molar-refractivity contribution in [2.45, 2.75) is 12.5 Å². The van der Waals surface area contributed by atoms with Crippen LogP contribution >= 0.6 is 0 Å². The van der Waals surface area contributed by atoms with Crippen molar-refractivity contribution in [1.29, 1.82) is 5.26 Å². The van der Waals surface area contributed by atoms with E-state index in [1.54, 1.807) is 0 Å². The molecule has 72 valence electrons. The van der Waals surface area contributed by atoms with Crippen molar-refractivity contribution in [3.63, 3.8) is 0 Å². The van der Waals surface area contributed by atoms with Crippen LogP contribution in [0.2, 0.25) is 0 Å². The van der Waals surface area contributed by atoms with E-state index in [2.05, 4.69) is 0 Å². The zero-order valence-electron chi connectivity index (χ0n) is 7.40. The molecule has 2 N–H and O–H groups in total. The first kappa shape index (κ1) is 9.96. The minimum atomic E-state index is -0.360. The molecule has 1 aliphatic rings. The Bertz CT molecular complexity index is 224. The van der Waals surface area contributed by atoms with E-state index in [-0.39, 0.29) is 12.0 Å². The molecule has 0 bridgehead atoms. The molecule has 5 heteroatoms. The molecule has 1 amide bonds. The van der Waals surface area contributed by atoms with Crippen molar-refractivity contribution in [3.8, 4) is 6.07 Å². The molecule has 1 heterocycles. The number of nitrogens with two attached hydrogens (primary N) is 1. The standard InChI is InChI=1S/C8H13N3O2/c9-5-7-6-11(3-4-13-7)2-1-8(10)12/h7H,1-4,6H2,(H2,10,12). The fourth-order valence-electron chi connectivity index (χ4n) is 1.25. The van der Waals surface area contributed by atoms with E-state index in [9.17, 15) is 4.79 Å². The van der Waals surface area contributed by atoms with Gasteiger partial charge < -0.3 is 10.5 Å². The van der Waals surface area contributed by atoms with E-state index < -0.39 is 0 Å². The predicted molar refractivity (Wildman–Crippen MR) is 45.6 cm³/mol. The molecule has 0 radical (unpaired) electrons. The second-order valence-corrected chi connectivity index (χ2v) is 3.01. The molecule has 0 saturated carbocycles. The maximum Gasteiger partial charge on any atom is 0.218 e. The maximum absolute atomic E-state index is 10.5. The van der Waals surface area contributed by atoms with Crippen LogP contribution in [0.5, 0.6) is 0 Å². The maximum atomic E-state index is 10.5. The topological polar surface area (TPSA) is 79.4 Å². The summed E-state index contributed by atoms with van der Waals surface area (Å²) in [6.45, 7) is 2.52. The van der Waals surface area contributed by atoms with Gasteiger partial charge in [-0.3, -0.25) is 9.69 Å². The third-order valence-electron chi connectivity index (χ3n) is 1.97. The average Bonchev–Trinajstić information content (AvgIpc) is 2.15. The van der Waals surface area contributed by atoms with Crippen LogP contribution in [0.15, 0.2) is 0 Å². The Morgan fingerprint density at radius 1 is 1.77 bits per heavy atom. The van der Waals surface area contributed by atoms with Crippen LogP contribution in [0.3, 0.4) is 0 Å². The van der Waals surface area contributed by atoms with E-state index in [1.165, 1.54) is 0 Å². The number of ether oxygens (including phenoxy) is 1. The Kier molecular flexibility index (Phi) is 3.68. The van der Waals surface area contributed by atoms with Gasteiger partial charge in [0.05, 0.1) is 12.7 Å². The van der Waals surface area contributed by atoms with E-state index in [4.69, 9.17) is 15.7 Å². The first-order valence-electron chi connectivity index (χ1n) is 4.24. The van der Waals surface area contributed by atoms with Crippen molar-refractivity contribution in [1.82, 2.24) is 4.90 Å². The average molecular weight is 183 g/mol. The molecule has 0 aromatic carbocycles. The number of carbonyl (C=O) groups excluding carboxylic acids is 1. The van der Waals surface area contributed by atoms with E-state index >= 15 is 0 Å². The normalized spacial score (nSPS) is 23.8. The summed E-state index contributed by atoms with van der Waals surface area (Å²) >= 11 is 0.